The summed E-state index contributed by atoms with van der Waals surface area (Å²) in [5, 5.41) is 0. The van der Waals surface area contributed by atoms with E-state index in [4.69, 9.17) is 0 Å². The van der Waals surface area contributed by atoms with Crippen LogP contribution in [0.3, 0.4) is 0 Å². The van der Waals surface area contributed by atoms with Crippen molar-refractivity contribution in [2.45, 2.75) is 32.7 Å². The Labute approximate surface area is 147 Å². The van der Waals surface area contributed by atoms with Crippen molar-refractivity contribution in [3.05, 3.63) is 52.4 Å². The Morgan fingerprint density at radius 2 is 1.84 bits per heavy atom. The Morgan fingerprint density at radius 3 is 2.52 bits per heavy atom. The molecule has 1 fully saturated rings. The molecule has 1 aromatic heterocycles. The summed E-state index contributed by atoms with van der Waals surface area (Å²) in [4.78, 5) is 33.5. The minimum absolute atomic E-state index is 0.0106. The first-order chi connectivity index (χ1) is 12.1. The molecule has 0 spiro atoms. The van der Waals surface area contributed by atoms with Gasteiger partial charge < -0.3 is 9.80 Å². The minimum Gasteiger partial charge on any atom is -0.342 e. The maximum Gasteiger partial charge on any atom is 0.255 e. The molecule has 6 heteroatoms. The Morgan fingerprint density at radius 1 is 1.16 bits per heavy atom. The summed E-state index contributed by atoms with van der Waals surface area (Å²) in [7, 11) is 1.73. The molecule has 1 aromatic carbocycles. The Hall–Kier alpha value is -2.63. The predicted octanol–water partition coefficient (Wildman–Crippen LogP) is 2.21. The van der Waals surface area contributed by atoms with Crippen molar-refractivity contribution in [2.75, 3.05) is 29.9 Å². The van der Waals surface area contributed by atoms with Gasteiger partial charge in [-0.2, -0.15) is 0 Å². The lowest BCUT2D eigenvalue weighted by Crippen LogP contribution is -2.40. The van der Waals surface area contributed by atoms with Gasteiger partial charge in [-0.25, -0.2) is 4.98 Å². The first kappa shape index (κ1) is 17.2. The predicted molar refractivity (Wildman–Crippen MR) is 99.2 cm³/mol. The number of hydrogen-bond donors (Lipinski definition) is 0. The van der Waals surface area contributed by atoms with Crippen molar-refractivity contribution in [1.82, 2.24) is 9.55 Å². The third-order valence-corrected chi connectivity index (χ3v) is 4.57. The van der Waals surface area contributed by atoms with Gasteiger partial charge in [0.25, 0.3) is 5.56 Å². The van der Waals surface area contributed by atoms with Crippen molar-refractivity contribution in [2.24, 2.45) is 0 Å². The molecule has 0 bridgehead atoms. The van der Waals surface area contributed by atoms with Gasteiger partial charge in [0.15, 0.2) is 0 Å². The SMILES string of the molecule is Cc1cc(=O)n(CC(=O)N(C)c2ccccc2)c(N2CCCCC2)n1. The molecule has 0 saturated carbocycles. The summed E-state index contributed by atoms with van der Waals surface area (Å²) in [6.45, 7) is 3.55. The molecular weight excluding hydrogens is 316 g/mol. The quantitative estimate of drug-likeness (QED) is 0.856. The van der Waals surface area contributed by atoms with Gasteiger partial charge in [-0.1, -0.05) is 18.2 Å². The van der Waals surface area contributed by atoms with Crippen molar-refractivity contribution in [3.8, 4) is 0 Å². The number of benzene rings is 1. The second-order valence-corrected chi connectivity index (χ2v) is 6.46. The molecule has 1 aliphatic rings. The number of amides is 1. The number of anilines is 2. The lowest BCUT2D eigenvalue weighted by Gasteiger charge is -2.30. The van der Waals surface area contributed by atoms with Crippen LogP contribution in [0, 0.1) is 6.92 Å². The number of likely N-dealkylation sites (N-methyl/N-ethyl adjacent to an activating group) is 1. The van der Waals surface area contributed by atoms with Gasteiger partial charge in [-0.15, -0.1) is 0 Å². The van der Waals surface area contributed by atoms with Crippen LogP contribution in [0.1, 0.15) is 25.0 Å². The summed E-state index contributed by atoms with van der Waals surface area (Å²) in [6, 6.07) is 10.9. The van der Waals surface area contributed by atoms with Crippen LogP contribution in [-0.4, -0.2) is 35.6 Å². The highest BCUT2D eigenvalue weighted by Gasteiger charge is 2.20. The van der Waals surface area contributed by atoms with Crippen LogP contribution >= 0.6 is 0 Å². The van der Waals surface area contributed by atoms with Gasteiger partial charge in [0.1, 0.15) is 6.54 Å². The third-order valence-electron chi connectivity index (χ3n) is 4.57. The van der Waals surface area contributed by atoms with Crippen LogP contribution in [0.2, 0.25) is 0 Å². The van der Waals surface area contributed by atoms with Crippen LogP contribution < -0.4 is 15.4 Å². The van der Waals surface area contributed by atoms with Gasteiger partial charge in [0.2, 0.25) is 11.9 Å². The summed E-state index contributed by atoms with van der Waals surface area (Å²) in [5.74, 6) is 0.469. The first-order valence-electron chi connectivity index (χ1n) is 8.71. The van der Waals surface area contributed by atoms with Crippen LogP contribution in [0.5, 0.6) is 0 Å². The van der Waals surface area contributed by atoms with Crippen LogP contribution in [-0.2, 0) is 11.3 Å². The topological polar surface area (TPSA) is 58.4 Å². The molecule has 0 N–H and O–H groups in total. The molecule has 3 rings (SSSR count). The molecule has 0 aliphatic carbocycles. The molecule has 2 heterocycles. The molecular formula is C19H24N4O2. The van der Waals surface area contributed by atoms with Crippen LogP contribution in [0.4, 0.5) is 11.6 Å². The third kappa shape index (κ3) is 3.90. The zero-order valence-corrected chi connectivity index (χ0v) is 14.8. The molecule has 6 nitrogen and oxygen atoms in total. The highest BCUT2D eigenvalue weighted by atomic mass is 16.2. The monoisotopic (exact) mass is 340 g/mol. The molecule has 1 amide bonds. The van der Waals surface area contributed by atoms with E-state index < -0.39 is 0 Å². The summed E-state index contributed by atoms with van der Waals surface area (Å²) < 4.78 is 1.50. The summed E-state index contributed by atoms with van der Waals surface area (Å²) in [6.07, 6.45) is 3.37. The number of aromatic nitrogens is 2. The van der Waals surface area contributed by atoms with Crippen molar-refractivity contribution >= 4 is 17.5 Å². The fraction of sp³-hybridized carbons (Fsp3) is 0.421. The normalized spacial score (nSPS) is 14.4. The molecule has 0 unspecified atom stereocenters. The second-order valence-electron chi connectivity index (χ2n) is 6.46. The number of rotatable bonds is 4. The van der Waals surface area contributed by atoms with Crippen molar-refractivity contribution < 1.29 is 4.79 Å². The molecule has 1 saturated heterocycles. The van der Waals surface area contributed by atoms with E-state index in [2.05, 4.69) is 9.88 Å². The smallest absolute Gasteiger partial charge is 0.255 e. The number of hydrogen-bond acceptors (Lipinski definition) is 4. The van der Waals surface area contributed by atoms with Gasteiger partial charge in [0.05, 0.1) is 0 Å². The maximum atomic E-state index is 12.7. The molecule has 0 radical (unpaired) electrons. The standard InChI is InChI=1S/C19H24N4O2/c1-15-13-17(24)23(19(20-15)22-11-7-4-8-12-22)14-18(25)21(2)16-9-5-3-6-10-16/h3,5-6,9-10,13H,4,7-8,11-12,14H2,1-2H3. The van der Waals surface area contributed by atoms with Crippen LogP contribution in [0.15, 0.2) is 41.2 Å². The Kier molecular flexibility index (Phi) is 5.16. The summed E-state index contributed by atoms with van der Waals surface area (Å²) >= 11 is 0. The van der Waals surface area contributed by atoms with E-state index in [9.17, 15) is 9.59 Å². The molecule has 2 aromatic rings. The van der Waals surface area contributed by atoms with E-state index in [-0.39, 0.29) is 18.0 Å². The van der Waals surface area contributed by atoms with Gasteiger partial charge in [-0.05, 0) is 38.3 Å². The largest absolute Gasteiger partial charge is 0.342 e. The van der Waals surface area contributed by atoms with E-state index in [1.807, 2.05) is 37.3 Å². The fourth-order valence-corrected chi connectivity index (χ4v) is 3.13. The minimum atomic E-state index is -0.178. The Bertz CT molecular complexity index is 795. The maximum absolute atomic E-state index is 12.7. The molecule has 25 heavy (non-hydrogen) atoms. The van der Waals surface area contributed by atoms with Crippen LogP contribution in [0.25, 0.3) is 0 Å². The first-order valence-corrected chi connectivity index (χ1v) is 8.71. The number of nitrogens with zero attached hydrogens (tertiary/aromatic N) is 4. The second kappa shape index (κ2) is 7.51. The Balaban J connectivity index is 1.88. The zero-order valence-electron chi connectivity index (χ0n) is 14.8. The lowest BCUT2D eigenvalue weighted by molar-refractivity contribution is -0.118. The van der Waals surface area contributed by atoms with Crippen molar-refractivity contribution in [1.29, 1.82) is 0 Å². The molecule has 0 atom stereocenters. The summed E-state index contributed by atoms with van der Waals surface area (Å²) in [5.41, 5.74) is 1.31. The lowest BCUT2D eigenvalue weighted by atomic mass is 10.1. The molecule has 132 valence electrons. The number of para-hydroxylation sites is 1. The highest BCUT2D eigenvalue weighted by molar-refractivity contribution is 5.92. The number of aryl methyl sites for hydroxylation is 1. The average Bonchev–Trinajstić information content (AvgIpc) is 2.64. The van der Waals surface area contributed by atoms with E-state index in [1.54, 1.807) is 11.9 Å². The number of carbonyl (C=O) groups excluding carboxylic acids is 1. The van der Waals surface area contributed by atoms with E-state index in [0.717, 1.165) is 31.6 Å². The number of carbonyl (C=O) groups is 1. The highest BCUT2D eigenvalue weighted by Crippen LogP contribution is 2.18. The van der Waals surface area contributed by atoms with Gasteiger partial charge >= 0.3 is 0 Å². The fourth-order valence-electron chi connectivity index (χ4n) is 3.13. The number of piperidine rings is 1. The molecule has 1 aliphatic heterocycles. The van der Waals surface area contributed by atoms with E-state index >= 15 is 0 Å². The van der Waals surface area contributed by atoms with Gasteiger partial charge in [0, 0.05) is 37.6 Å². The average molecular weight is 340 g/mol. The van der Waals surface area contributed by atoms with Crippen molar-refractivity contribution in [3.63, 3.8) is 0 Å². The van der Waals surface area contributed by atoms with E-state index in [0.29, 0.717) is 11.6 Å². The van der Waals surface area contributed by atoms with Gasteiger partial charge in [-0.3, -0.25) is 14.2 Å². The zero-order chi connectivity index (χ0) is 17.8. The van der Waals surface area contributed by atoms with E-state index in [1.165, 1.54) is 17.1 Å².